The molecule has 0 spiro atoms. The maximum Gasteiger partial charge on any atom is 0.226 e. The smallest absolute Gasteiger partial charge is 0.226 e. The molecule has 2 N–H and O–H groups in total. The number of carbonyl (C=O) groups is 2. The zero-order chi connectivity index (χ0) is 16.2. The Labute approximate surface area is 120 Å². The first kappa shape index (κ1) is 17.0. The SMILES string of the molecule is CC(C)(C)C(=O)NCCC(=O)Nc1ccc(F)c(F)c1F. The second-order valence-corrected chi connectivity index (χ2v) is 5.53. The Morgan fingerprint density at radius 1 is 1.10 bits per heavy atom. The molecule has 0 aliphatic heterocycles. The summed E-state index contributed by atoms with van der Waals surface area (Å²) in [5.41, 5.74) is -1.02. The average Bonchev–Trinajstić information content (AvgIpc) is 2.38. The molecule has 116 valence electrons. The molecule has 0 radical (unpaired) electrons. The molecule has 1 rings (SSSR count). The first-order valence-electron chi connectivity index (χ1n) is 6.34. The molecule has 0 saturated heterocycles. The minimum absolute atomic E-state index is 0.0627. The molecule has 2 amide bonds. The Hall–Kier alpha value is -2.05. The van der Waals surface area contributed by atoms with Gasteiger partial charge >= 0.3 is 0 Å². The van der Waals surface area contributed by atoms with Gasteiger partial charge in [-0.25, -0.2) is 13.2 Å². The van der Waals surface area contributed by atoms with E-state index in [1.807, 2.05) is 0 Å². The quantitative estimate of drug-likeness (QED) is 0.840. The van der Waals surface area contributed by atoms with Crippen molar-refractivity contribution in [3.8, 4) is 0 Å². The van der Waals surface area contributed by atoms with Crippen LogP contribution in [0.5, 0.6) is 0 Å². The van der Waals surface area contributed by atoms with Gasteiger partial charge in [0.05, 0.1) is 5.69 Å². The molecule has 0 aromatic heterocycles. The lowest BCUT2D eigenvalue weighted by Crippen LogP contribution is -2.36. The first-order valence-corrected chi connectivity index (χ1v) is 6.34. The van der Waals surface area contributed by atoms with Crippen molar-refractivity contribution < 1.29 is 22.8 Å². The maximum absolute atomic E-state index is 13.3. The molecule has 0 aliphatic carbocycles. The fourth-order valence-corrected chi connectivity index (χ4v) is 1.39. The molecule has 21 heavy (non-hydrogen) atoms. The third-order valence-corrected chi connectivity index (χ3v) is 2.63. The van der Waals surface area contributed by atoms with Crippen molar-refractivity contribution in [1.82, 2.24) is 5.32 Å². The zero-order valence-corrected chi connectivity index (χ0v) is 12.0. The Bertz CT molecular complexity index is 554. The molecule has 0 fully saturated rings. The minimum Gasteiger partial charge on any atom is -0.355 e. The van der Waals surface area contributed by atoms with Crippen LogP contribution in [0.25, 0.3) is 0 Å². The average molecular weight is 302 g/mol. The summed E-state index contributed by atoms with van der Waals surface area (Å²) in [7, 11) is 0. The van der Waals surface area contributed by atoms with Crippen molar-refractivity contribution in [2.45, 2.75) is 27.2 Å². The Kier molecular flexibility index (Phi) is 5.34. The van der Waals surface area contributed by atoms with Crippen molar-refractivity contribution in [3.05, 3.63) is 29.6 Å². The molecule has 0 aliphatic rings. The lowest BCUT2D eigenvalue weighted by molar-refractivity contribution is -0.128. The molecule has 1 aromatic carbocycles. The van der Waals surface area contributed by atoms with E-state index in [1.54, 1.807) is 20.8 Å². The van der Waals surface area contributed by atoms with Gasteiger partial charge in [0.15, 0.2) is 17.5 Å². The summed E-state index contributed by atoms with van der Waals surface area (Å²) in [6.45, 7) is 5.23. The van der Waals surface area contributed by atoms with Crippen LogP contribution in [0.2, 0.25) is 0 Å². The number of hydrogen-bond acceptors (Lipinski definition) is 2. The minimum atomic E-state index is -1.64. The van der Waals surface area contributed by atoms with Crippen molar-refractivity contribution in [3.63, 3.8) is 0 Å². The van der Waals surface area contributed by atoms with Gasteiger partial charge in [0.1, 0.15) is 0 Å². The summed E-state index contributed by atoms with van der Waals surface area (Å²) in [5.74, 6) is -5.28. The molecular formula is C14H17F3N2O2. The van der Waals surface area contributed by atoms with E-state index in [-0.39, 0.29) is 18.9 Å². The van der Waals surface area contributed by atoms with Crippen LogP contribution in [0.3, 0.4) is 0 Å². The Balaban J connectivity index is 2.52. The van der Waals surface area contributed by atoms with E-state index in [9.17, 15) is 22.8 Å². The number of carbonyl (C=O) groups excluding carboxylic acids is 2. The van der Waals surface area contributed by atoms with E-state index in [0.29, 0.717) is 0 Å². The van der Waals surface area contributed by atoms with Crippen LogP contribution >= 0.6 is 0 Å². The highest BCUT2D eigenvalue weighted by Crippen LogP contribution is 2.19. The van der Waals surface area contributed by atoms with E-state index < -0.39 is 34.5 Å². The third kappa shape index (κ3) is 4.77. The standard InChI is InChI=1S/C14H17F3N2O2/c1-14(2,3)13(21)18-7-6-10(20)19-9-5-4-8(15)11(16)12(9)17/h4-5H,6-7H2,1-3H3,(H,18,21)(H,19,20). The highest BCUT2D eigenvalue weighted by atomic mass is 19.2. The van der Waals surface area contributed by atoms with E-state index in [1.165, 1.54) is 0 Å². The van der Waals surface area contributed by atoms with Crippen LogP contribution in [0.4, 0.5) is 18.9 Å². The summed E-state index contributed by atoms with van der Waals surface area (Å²) in [6.07, 6.45) is -0.111. The van der Waals surface area contributed by atoms with E-state index in [2.05, 4.69) is 10.6 Å². The van der Waals surface area contributed by atoms with Gasteiger partial charge in [-0.3, -0.25) is 9.59 Å². The lowest BCUT2D eigenvalue weighted by atomic mass is 9.96. The highest BCUT2D eigenvalue weighted by Gasteiger charge is 2.21. The van der Waals surface area contributed by atoms with E-state index in [0.717, 1.165) is 12.1 Å². The van der Waals surface area contributed by atoms with Crippen LogP contribution in [-0.4, -0.2) is 18.4 Å². The van der Waals surface area contributed by atoms with Crippen molar-refractivity contribution in [2.75, 3.05) is 11.9 Å². The fraction of sp³-hybridized carbons (Fsp3) is 0.429. The molecule has 0 bridgehead atoms. The number of anilines is 1. The number of benzene rings is 1. The van der Waals surface area contributed by atoms with Gasteiger partial charge in [-0.05, 0) is 12.1 Å². The summed E-state index contributed by atoms with van der Waals surface area (Å²) in [4.78, 5) is 23.1. The van der Waals surface area contributed by atoms with Gasteiger partial charge in [0.2, 0.25) is 11.8 Å². The Morgan fingerprint density at radius 3 is 2.29 bits per heavy atom. The number of nitrogens with one attached hydrogen (secondary N) is 2. The van der Waals surface area contributed by atoms with E-state index >= 15 is 0 Å². The van der Waals surface area contributed by atoms with Crippen LogP contribution < -0.4 is 10.6 Å². The lowest BCUT2D eigenvalue weighted by Gasteiger charge is -2.17. The van der Waals surface area contributed by atoms with E-state index in [4.69, 9.17) is 0 Å². The van der Waals surface area contributed by atoms with Crippen molar-refractivity contribution in [1.29, 1.82) is 0 Å². The molecule has 0 heterocycles. The predicted molar refractivity (Wildman–Crippen MR) is 72.0 cm³/mol. The summed E-state index contributed by atoms with van der Waals surface area (Å²) in [5, 5.41) is 4.67. The second kappa shape index (κ2) is 6.60. The largest absolute Gasteiger partial charge is 0.355 e. The normalized spacial score (nSPS) is 11.1. The van der Waals surface area contributed by atoms with Crippen LogP contribution in [0, 0.1) is 22.9 Å². The monoisotopic (exact) mass is 302 g/mol. The summed E-state index contributed by atoms with van der Waals surface area (Å²) in [6, 6.07) is 1.65. The van der Waals surface area contributed by atoms with Crippen molar-refractivity contribution in [2.24, 2.45) is 5.41 Å². The van der Waals surface area contributed by atoms with Gasteiger partial charge in [-0.2, -0.15) is 0 Å². The molecular weight excluding hydrogens is 285 g/mol. The molecule has 0 atom stereocenters. The number of hydrogen-bond donors (Lipinski definition) is 2. The molecule has 4 nitrogen and oxygen atoms in total. The highest BCUT2D eigenvalue weighted by molar-refractivity contribution is 5.91. The number of rotatable bonds is 4. The van der Waals surface area contributed by atoms with Crippen LogP contribution in [-0.2, 0) is 9.59 Å². The third-order valence-electron chi connectivity index (χ3n) is 2.63. The summed E-state index contributed by atoms with van der Waals surface area (Å²) < 4.78 is 39.0. The molecule has 0 saturated carbocycles. The van der Waals surface area contributed by atoms with Crippen LogP contribution in [0.1, 0.15) is 27.2 Å². The zero-order valence-electron chi connectivity index (χ0n) is 12.0. The van der Waals surface area contributed by atoms with Crippen LogP contribution in [0.15, 0.2) is 12.1 Å². The fourth-order valence-electron chi connectivity index (χ4n) is 1.39. The van der Waals surface area contributed by atoms with Crippen molar-refractivity contribution >= 4 is 17.5 Å². The Morgan fingerprint density at radius 2 is 1.71 bits per heavy atom. The molecule has 1 aromatic rings. The maximum atomic E-state index is 13.3. The van der Waals surface area contributed by atoms with Gasteiger partial charge in [-0.15, -0.1) is 0 Å². The van der Waals surface area contributed by atoms with Gasteiger partial charge in [0, 0.05) is 18.4 Å². The number of halogens is 3. The second-order valence-electron chi connectivity index (χ2n) is 5.53. The molecule has 0 unspecified atom stereocenters. The predicted octanol–water partition coefficient (Wildman–Crippen LogP) is 2.59. The molecule has 7 heteroatoms. The van der Waals surface area contributed by atoms with Gasteiger partial charge < -0.3 is 10.6 Å². The first-order chi connectivity index (χ1) is 9.62. The summed E-state index contributed by atoms with van der Waals surface area (Å²) >= 11 is 0. The topological polar surface area (TPSA) is 58.2 Å². The number of amides is 2. The van der Waals surface area contributed by atoms with Gasteiger partial charge in [0.25, 0.3) is 0 Å². The van der Waals surface area contributed by atoms with Gasteiger partial charge in [-0.1, -0.05) is 20.8 Å².